The predicted octanol–water partition coefficient (Wildman–Crippen LogP) is 4.80. The van der Waals surface area contributed by atoms with Crippen LogP contribution in [0.25, 0.3) is 11.0 Å². The van der Waals surface area contributed by atoms with Gasteiger partial charge in [0.25, 0.3) is 0 Å². The number of carbonyl (C=O) groups is 2. The summed E-state index contributed by atoms with van der Waals surface area (Å²) in [5.74, 6) is -1.20. The number of carbonyl (C=O) groups excluding carboxylic acids is 2. The Labute approximate surface area is 249 Å². The highest BCUT2D eigenvalue weighted by Gasteiger charge is 2.37. The van der Waals surface area contributed by atoms with E-state index in [0.29, 0.717) is 41.9 Å². The van der Waals surface area contributed by atoms with Crippen LogP contribution < -0.4 is 10.2 Å². The van der Waals surface area contributed by atoms with Crippen LogP contribution in [0, 0.1) is 11.7 Å². The van der Waals surface area contributed by atoms with Crippen molar-refractivity contribution < 1.29 is 18.7 Å². The topological polar surface area (TPSA) is 92.6 Å². The zero-order valence-corrected chi connectivity index (χ0v) is 23.9. The lowest BCUT2D eigenvalue weighted by atomic mass is 9.85. The Hall–Kier alpha value is -4.57. The number of nitrogens with zero attached hydrogens (tertiary/aromatic N) is 5. The summed E-state index contributed by atoms with van der Waals surface area (Å²) in [7, 11) is 0. The van der Waals surface area contributed by atoms with E-state index in [1.807, 2.05) is 48.5 Å². The fourth-order valence-corrected chi connectivity index (χ4v) is 5.91. The van der Waals surface area contributed by atoms with E-state index in [9.17, 15) is 14.0 Å². The number of para-hydroxylation sites is 1. The highest BCUT2D eigenvalue weighted by Crippen LogP contribution is 2.29. The maximum absolute atomic E-state index is 15.0. The van der Waals surface area contributed by atoms with E-state index in [1.54, 1.807) is 18.2 Å². The number of allylic oxidation sites excluding steroid dienone is 2. The Kier molecular flexibility index (Phi) is 8.74. The molecule has 1 aromatic heterocycles. The molecule has 2 heterocycles. The average molecular weight is 583 g/mol. The number of aromatic nitrogens is 3. The summed E-state index contributed by atoms with van der Waals surface area (Å²) in [4.78, 5) is 32.1. The van der Waals surface area contributed by atoms with Crippen LogP contribution in [0.15, 0.2) is 84.9 Å². The van der Waals surface area contributed by atoms with Gasteiger partial charge in [0.05, 0.1) is 18.7 Å². The highest BCUT2D eigenvalue weighted by atomic mass is 19.1. The molecule has 0 saturated carbocycles. The van der Waals surface area contributed by atoms with Gasteiger partial charge in [-0.05, 0) is 67.6 Å². The lowest BCUT2D eigenvalue weighted by Gasteiger charge is -2.37. The molecule has 43 heavy (non-hydrogen) atoms. The Morgan fingerprint density at radius 3 is 2.53 bits per heavy atom. The molecule has 1 aliphatic carbocycles. The lowest BCUT2D eigenvalue weighted by molar-refractivity contribution is -0.142. The SMILES string of the molecule is O=C(Nc1ccc(N2CCOCC2)cc1)C(C1CC=CCC1)N(Cc1ccccc1F)C(=O)Cn1nnc2ccccc21. The van der Waals surface area contributed by atoms with E-state index in [-0.39, 0.29) is 30.8 Å². The number of benzene rings is 3. The third-order valence-electron chi connectivity index (χ3n) is 8.20. The van der Waals surface area contributed by atoms with Crippen molar-refractivity contribution in [1.29, 1.82) is 0 Å². The molecule has 0 radical (unpaired) electrons. The summed E-state index contributed by atoms with van der Waals surface area (Å²) in [5.41, 5.74) is 3.43. The number of hydrogen-bond donors (Lipinski definition) is 1. The molecule has 4 aromatic rings. The first-order valence-corrected chi connectivity index (χ1v) is 14.8. The van der Waals surface area contributed by atoms with E-state index in [0.717, 1.165) is 31.6 Å². The number of fused-ring (bicyclic) bond motifs is 1. The van der Waals surface area contributed by atoms with Gasteiger partial charge in [0, 0.05) is 36.6 Å². The maximum Gasteiger partial charge on any atom is 0.247 e. The third kappa shape index (κ3) is 6.59. The number of hydrogen-bond acceptors (Lipinski definition) is 6. The number of halogens is 1. The van der Waals surface area contributed by atoms with Gasteiger partial charge in [0.2, 0.25) is 11.8 Å². The second-order valence-electron chi connectivity index (χ2n) is 11.0. The van der Waals surface area contributed by atoms with Gasteiger partial charge >= 0.3 is 0 Å². The minimum atomic E-state index is -0.828. The molecule has 222 valence electrons. The van der Waals surface area contributed by atoms with Crippen LogP contribution in [-0.4, -0.2) is 64.1 Å². The molecule has 2 amide bonds. The van der Waals surface area contributed by atoms with Gasteiger partial charge in [-0.25, -0.2) is 9.07 Å². The lowest BCUT2D eigenvalue weighted by Crippen LogP contribution is -2.52. The summed E-state index contributed by atoms with van der Waals surface area (Å²) < 4.78 is 21.9. The highest BCUT2D eigenvalue weighted by molar-refractivity contribution is 5.97. The molecule has 1 N–H and O–H groups in total. The van der Waals surface area contributed by atoms with Gasteiger partial charge in [0.15, 0.2) is 0 Å². The Bertz CT molecular complexity index is 1600. The van der Waals surface area contributed by atoms with Crippen LogP contribution in [0.5, 0.6) is 0 Å². The largest absolute Gasteiger partial charge is 0.378 e. The molecule has 10 heteroatoms. The minimum Gasteiger partial charge on any atom is -0.378 e. The molecule has 1 saturated heterocycles. The summed E-state index contributed by atoms with van der Waals surface area (Å²) >= 11 is 0. The Balaban J connectivity index is 1.30. The van der Waals surface area contributed by atoms with E-state index in [4.69, 9.17) is 4.74 Å². The number of amides is 2. The second-order valence-corrected chi connectivity index (χ2v) is 11.0. The van der Waals surface area contributed by atoms with E-state index in [2.05, 4.69) is 32.7 Å². The van der Waals surface area contributed by atoms with Crippen LogP contribution in [0.4, 0.5) is 15.8 Å². The fraction of sp³-hybridized carbons (Fsp3) is 0.333. The molecule has 2 atom stereocenters. The molecular formula is C33H35FN6O3. The number of anilines is 2. The molecule has 2 aliphatic rings. The number of nitrogens with one attached hydrogen (secondary N) is 1. The van der Waals surface area contributed by atoms with E-state index >= 15 is 0 Å². The van der Waals surface area contributed by atoms with Crippen molar-refractivity contribution in [3.8, 4) is 0 Å². The van der Waals surface area contributed by atoms with Crippen LogP contribution in [0.3, 0.4) is 0 Å². The first-order valence-electron chi connectivity index (χ1n) is 14.8. The van der Waals surface area contributed by atoms with Crippen molar-refractivity contribution in [2.75, 3.05) is 36.5 Å². The van der Waals surface area contributed by atoms with Gasteiger partial charge in [-0.2, -0.15) is 0 Å². The summed E-state index contributed by atoms with van der Waals surface area (Å²) in [6, 6.07) is 20.7. The smallest absolute Gasteiger partial charge is 0.247 e. The molecule has 3 aromatic carbocycles. The van der Waals surface area contributed by atoms with Crippen molar-refractivity contribution in [2.45, 2.75) is 38.4 Å². The summed E-state index contributed by atoms with van der Waals surface area (Å²) in [6.07, 6.45) is 6.33. The van der Waals surface area contributed by atoms with Crippen molar-refractivity contribution in [2.24, 2.45) is 5.92 Å². The number of morpholine rings is 1. The quantitative estimate of drug-likeness (QED) is 0.285. The summed E-state index contributed by atoms with van der Waals surface area (Å²) in [6.45, 7) is 2.83. The van der Waals surface area contributed by atoms with Crippen molar-refractivity contribution in [3.05, 3.63) is 96.3 Å². The van der Waals surface area contributed by atoms with Crippen LogP contribution in [-0.2, 0) is 27.4 Å². The number of rotatable bonds is 9. The van der Waals surface area contributed by atoms with Crippen molar-refractivity contribution >= 4 is 34.2 Å². The van der Waals surface area contributed by atoms with Crippen molar-refractivity contribution in [3.63, 3.8) is 0 Å². The van der Waals surface area contributed by atoms with Crippen LogP contribution in [0.2, 0.25) is 0 Å². The van der Waals surface area contributed by atoms with Gasteiger partial charge in [0.1, 0.15) is 23.9 Å². The average Bonchev–Trinajstić information content (AvgIpc) is 3.45. The predicted molar refractivity (Wildman–Crippen MR) is 163 cm³/mol. The molecule has 9 nitrogen and oxygen atoms in total. The molecule has 2 unspecified atom stereocenters. The molecular weight excluding hydrogens is 547 g/mol. The Morgan fingerprint density at radius 1 is 1.00 bits per heavy atom. The minimum absolute atomic E-state index is 0.0492. The monoisotopic (exact) mass is 582 g/mol. The zero-order valence-electron chi connectivity index (χ0n) is 23.9. The maximum atomic E-state index is 15.0. The third-order valence-corrected chi connectivity index (χ3v) is 8.20. The zero-order chi connectivity index (χ0) is 29.6. The fourth-order valence-electron chi connectivity index (χ4n) is 5.91. The summed E-state index contributed by atoms with van der Waals surface area (Å²) in [5, 5.41) is 11.4. The van der Waals surface area contributed by atoms with Crippen molar-refractivity contribution in [1.82, 2.24) is 19.9 Å². The number of ether oxygens (including phenoxy) is 1. The standard InChI is InChI=1S/C33H35FN6O3/c34-28-11-5-4-10-25(28)22-39(31(41)23-40-30-13-7-6-12-29(30)36-37-40)32(24-8-2-1-3-9-24)33(42)35-26-14-16-27(17-15-26)38-18-20-43-21-19-38/h1-2,4-7,10-17,24,32H,3,8-9,18-23H2,(H,35,42). The van der Waals surface area contributed by atoms with Gasteiger partial charge in [-0.1, -0.05) is 47.7 Å². The van der Waals surface area contributed by atoms with E-state index < -0.39 is 11.9 Å². The molecule has 1 fully saturated rings. The first kappa shape index (κ1) is 28.5. The Morgan fingerprint density at radius 2 is 1.77 bits per heavy atom. The molecule has 1 aliphatic heterocycles. The van der Waals surface area contributed by atoms with Gasteiger partial charge in [-0.15, -0.1) is 5.10 Å². The normalized spacial score (nSPS) is 17.5. The van der Waals surface area contributed by atoms with Crippen LogP contribution >= 0.6 is 0 Å². The molecule has 6 rings (SSSR count). The van der Waals surface area contributed by atoms with E-state index in [1.165, 1.54) is 15.6 Å². The van der Waals surface area contributed by atoms with Gasteiger partial charge < -0.3 is 19.9 Å². The molecule has 0 bridgehead atoms. The van der Waals surface area contributed by atoms with Gasteiger partial charge in [-0.3, -0.25) is 9.59 Å². The molecule has 0 spiro atoms. The second kappa shape index (κ2) is 13.2. The first-order chi connectivity index (χ1) is 21.1. The van der Waals surface area contributed by atoms with Crippen LogP contribution in [0.1, 0.15) is 24.8 Å².